The van der Waals surface area contributed by atoms with Crippen molar-refractivity contribution in [3.8, 4) is 0 Å². The third kappa shape index (κ3) is 4.50. The highest BCUT2D eigenvalue weighted by atomic mass is 15.1. The van der Waals surface area contributed by atoms with Gasteiger partial charge >= 0.3 is 0 Å². The monoisotopic (exact) mass is 306 g/mol. The van der Waals surface area contributed by atoms with E-state index >= 15 is 0 Å². The number of nitrogens with one attached hydrogen (secondary N) is 1. The molecule has 0 saturated heterocycles. The standard InChI is InChI=1S/C19H22N4/c1-2-16-5-7-17(8-6-16)12-23(14-19-11-21-15-22-19)13-18-4-3-9-20-10-18/h3-11,15H,2,12-14H2,1H3,(H,21,22). The second-order valence-electron chi connectivity index (χ2n) is 5.75. The summed E-state index contributed by atoms with van der Waals surface area (Å²) in [6, 6.07) is 13.0. The molecule has 0 aliphatic rings. The molecule has 1 aromatic carbocycles. The summed E-state index contributed by atoms with van der Waals surface area (Å²) in [5.74, 6) is 0. The van der Waals surface area contributed by atoms with Crippen LogP contribution in [0.15, 0.2) is 61.3 Å². The van der Waals surface area contributed by atoms with Gasteiger partial charge in [-0.05, 0) is 29.2 Å². The quantitative estimate of drug-likeness (QED) is 0.726. The zero-order chi connectivity index (χ0) is 15.9. The number of rotatable bonds is 7. The molecule has 3 rings (SSSR count). The molecule has 4 nitrogen and oxygen atoms in total. The van der Waals surface area contributed by atoms with Crippen LogP contribution in [-0.4, -0.2) is 19.9 Å². The highest BCUT2D eigenvalue weighted by Gasteiger charge is 2.09. The van der Waals surface area contributed by atoms with Gasteiger partial charge in [-0.15, -0.1) is 0 Å². The molecular weight excluding hydrogens is 284 g/mol. The minimum absolute atomic E-state index is 0.838. The maximum Gasteiger partial charge on any atom is 0.0922 e. The highest BCUT2D eigenvalue weighted by Crippen LogP contribution is 2.13. The lowest BCUT2D eigenvalue weighted by atomic mass is 10.1. The average Bonchev–Trinajstić information content (AvgIpc) is 3.09. The zero-order valence-corrected chi connectivity index (χ0v) is 13.4. The predicted molar refractivity (Wildman–Crippen MR) is 91.6 cm³/mol. The lowest BCUT2D eigenvalue weighted by Crippen LogP contribution is -2.22. The smallest absolute Gasteiger partial charge is 0.0922 e. The van der Waals surface area contributed by atoms with Crippen molar-refractivity contribution >= 4 is 0 Å². The van der Waals surface area contributed by atoms with Gasteiger partial charge in [0.1, 0.15) is 0 Å². The van der Waals surface area contributed by atoms with Crippen molar-refractivity contribution in [3.05, 3.63) is 83.7 Å². The van der Waals surface area contributed by atoms with E-state index in [0.717, 1.165) is 31.7 Å². The molecular formula is C19H22N4. The summed E-state index contributed by atoms with van der Waals surface area (Å²) in [7, 11) is 0. The van der Waals surface area contributed by atoms with Gasteiger partial charge < -0.3 is 4.98 Å². The van der Waals surface area contributed by atoms with E-state index in [0.29, 0.717) is 0 Å². The van der Waals surface area contributed by atoms with E-state index < -0.39 is 0 Å². The largest absolute Gasteiger partial charge is 0.347 e. The summed E-state index contributed by atoms with van der Waals surface area (Å²) in [4.78, 5) is 13.9. The number of aryl methyl sites for hydroxylation is 1. The molecule has 0 spiro atoms. The van der Waals surface area contributed by atoms with Crippen LogP contribution in [0.5, 0.6) is 0 Å². The fourth-order valence-corrected chi connectivity index (χ4v) is 2.67. The van der Waals surface area contributed by atoms with Crippen LogP contribution in [0.2, 0.25) is 0 Å². The van der Waals surface area contributed by atoms with Gasteiger partial charge in [-0.25, -0.2) is 4.98 Å². The van der Waals surface area contributed by atoms with E-state index in [4.69, 9.17) is 0 Å². The Morgan fingerprint density at radius 1 is 0.870 bits per heavy atom. The fraction of sp³-hybridized carbons (Fsp3) is 0.263. The van der Waals surface area contributed by atoms with Crippen LogP contribution >= 0.6 is 0 Å². The molecule has 0 amide bonds. The maximum absolute atomic E-state index is 4.22. The second kappa shape index (κ2) is 7.70. The number of H-pyrrole nitrogens is 1. The van der Waals surface area contributed by atoms with Crippen molar-refractivity contribution in [1.29, 1.82) is 0 Å². The minimum atomic E-state index is 0.838. The Balaban J connectivity index is 1.73. The van der Waals surface area contributed by atoms with E-state index in [1.807, 2.05) is 24.7 Å². The number of nitrogens with zero attached hydrogens (tertiary/aromatic N) is 3. The second-order valence-corrected chi connectivity index (χ2v) is 5.75. The summed E-state index contributed by atoms with van der Waals surface area (Å²) in [5, 5.41) is 0. The van der Waals surface area contributed by atoms with E-state index in [2.05, 4.69) is 57.1 Å². The zero-order valence-electron chi connectivity index (χ0n) is 13.4. The van der Waals surface area contributed by atoms with Crippen LogP contribution in [-0.2, 0) is 26.1 Å². The van der Waals surface area contributed by atoms with Gasteiger partial charge in [-0.1, -0.05) is 37.3 Å². The van der Waals surface area contributed by atoms with E-state index in [9.17, 15) is 0 Å². The van der Waals surface area contributed by atoms with Crippen LogP contribution in [0.3, 0.4) is 0 Å². The predicted octanol–water partition coefficient (Wildman–Crippen LogP) is 3.57. The maximum atomic E-state index is 4.22. The topological polar surface area (TPSA) is 44.8 Å². The Morgan fingerprint density at radius 3 is 2.30 bits per heavy atom. The van der Waals surface area contributed by atoms with Crippen molar-refractivity contribution in [3.63, 3.8) is 0 Å². The molecule has 4 heteroatoms. The van der Waals surface area contributed by atoms with Crippen LogP contribution < -0.4 is 0 Å². The Morgan fingerprint density at radius 2 is 1.65 bits per heavy atom. The fourth-order valence-electron chi connectivity index (χ4n) is 2.67. The number of imidazole rings is 1. The van der Waals surface area contributed by atoms with Crippen molar-refractivity contribution in [1.82, 2.24) is 19.9 Å². The number of hydrogen-bond donors (Lipinski definition) is 1. The molecule has 3 aromatic rings. The number of hydrogen-bond acceptors (Lipinski definition) is 3. The summed E-state index contributed by atoms with van der Waals surface area (Å²) in [6.45, 7) is 4.78. The average molecular weight is 306 g/mol. The lowest BCUT2D eigenvalue weighted by Gasteiger charge is -2.22. The van der Waals surface area contributed by atoms with Gasteiger partial charge in [0.15, 0.2) is 0 Å². The minimum Gasteiger partial charge on any atom is -0.347 e. The van der Waals surface area contributed by atoms with Crippen LogP contribution in [0.1, 0.15) is 29.3 Å². The van der Waals surface area contributed by atoms with Crippen molar-refractivity contribution in [2.75, 3.05) is 0 Å². The summed E-state index contributed by atoms with van der Waals surface area (Å²) in [6.07, 6.45) is 8.43. The summed E-state index contributed by atoms with van der Waals surface area (Å²) >= 11 is 0. The molecule has 0 radical (unpaired) electrons. The van der Waals surface area contributed by atoms with Gasteiger partial charge in [0.25, 0.3) is 0 Å². The van der Waals surface area contributed by atoms with E-state index in [1.54, 1.807) is 6.33 Å². The summed E-state index contributed by atoms with van der Waals surface area (Å²) in [5.41, 5.74) is 5.04. The van der Waals surface area contributed by atoms with E-state index in [1.165, 1.54) is 16.7 Å². The third-order valence-electron chi connectivity index (χ3n) is 3.92. The molecule has 0 atom stereocenters. The molecule has 2 aromatic heterocycles. The molecule has 0 fully saturated rings. The molecule has 0 aliphatic carbocycles. The first-order valence-electron chi connectivity index (χ1n) is 8.00. The van der Waals surface area contributed by atoms with Crippen LogP contribution in [0, 0.1) is 0 Å². The molecule has 2 heterocycles. The van der Waals surface area contributed by atoms with Gasteiger partial charge in [0.05, 0.1) is 6.33 Å². The number of aromatic amines is 1. The van der Waals surface area contributed by atoms with Gasteiger partial charge in [-0.2, -0.15) is 0 Å². The first kappa shape index (κ1) is 15.4. The molecule has 0 bridgehead atoms. The van der Waals surface area contributed by atoms with Crippen molar-refractivity contribution in [2.45, 2.75) is 33.0 Å². The first-order chi connectivity index (χ1) is 11.3. The number of benzene rings is 1. The summed E-state index contributed by atoms with van der Waals surface area (Å²) < 4.78 is 0. The lowest BCUT2D eigenvalue weighted by molar-refractivity contribution is 0.245. The van der Waals surface area contributed by atoms with Crippen LogP contribution in [0.4, 0.5) is 0 Å². The third-order valence-corrected chi connectivity index (χ3v) is 3.92. The molecule has 0 saturated carbocycles. The molecule has 0 aliphatic heterocycles. The SMILES string of the molecule is CCc1ccc(CN(Cc2cccnc2)Cc2cnc[nH]2)cc1. The molecule has 1 N–H and O–H groups in total. The first-order valence-corrected chi connectivity index (χ1v) is 8.00. The van der Waals surface area contributed by atoms with Gasteiger partial charge in [-0.3, -0.25) is 9.88 Å². The normalized spacial score (nSPS) is 11.0. The van der Waals surface area contributed by atoms with Crippen LogP contribution in [0.25, 0.3) is 0 Å². The van der Waals surface area contributed by atoms with Gasteiger partial charge in [0, 0.05) is 43.9 Å². The number of aromatic nitrogens is 3. The Kier molecular flexibility index (Phi) is 5.17. The highest BCUT2D eigenvalue weighted by molar-refractivity contribution is 5.22. The number of pyridine rings is 1. The Hall–Kier alpha value is -2.46. The Bertz CT molecular complexity index is 690. The van der Waals surface area contributed by atoms with Gasteiger partial charge in [0.2, 0.25) is 0 Å². The molecule has 118 valence electrons. The Labute approximate surface area is 137 Å². The van der Waals surface area contributed by atoms with E-state index in [-0.39, 0.29) is 0 Å². The molecule has 0 unspecified atom stereocenters. The molecule has 23 heavy (non-hydrogen) atoms. The van der Waals surface area contributed by atoms with Crippen molar-refractivity contribution in [2.24, 2.45) is 0 Å². The van der Waals surface area contributed by atoms with Crippen molar-refractivity contribution < 1.29 is 0 Å².